The Balaban J connectivity index is 1.36. The first-order valence-corrected chi connectivity index (χ1v) is 9.72. The third kappa shape index (κ3) is 2.99. The monoisotopic (exact) mass is 356 g/mol. The molecule has 4 nitrogen and oxygen atoms in total. The average Bonchev–Trinajstić information content (AvgIpc) is 3.01. The third-order valence-corrected chi connectivity index (χ3v) is 5.84. The van der Waals surface area contributed by atoms with E-state index in [9.17, 15) is 4.79 Å². The molecule has 0 unspecified atom stereocenters. The van der Waals surface area contributed by atoms with E-state index >= 15 is 0 Å². The molecule has 0 bridgehead atoms. The van der Waals surface area contributed by atoms with Crippen LogP contribution in [0.1, 0.15) is 10.4 Å². The van der Waals surface area contributed by atoms with E-state index in [0.717, 1.165) is 15.5 Å². The minimum atomic E-state index is -0.253. The number of carbonyl (C=O) groups excluding carboxylic acids is 1. The van der Waals surface area contributed by atoms with Gasteiger partial charge < -0.3 is 9.64 Å². The lowest BCUT2D eigenvalue weighted by molar-refractivity contribution is 0.0234. The van der Waals surface area contributed by atoms with Gasteiger partial charge in [-0.15, -0.1) is 11.8 Å². The molecule has 0 atom stereocenters. The van der Waals surface area contributed by atoms with Crippen molar-refractivity contribution < 1.29 is 9.53 Å². The van der Waals surface area contributed by atoms with Crippen LogP contribution in [0.25, 0.3) is 10.2 Å². The van der Waals surface area contributed by atoms with Gasteiger partial charge in [0.15, 0.2) is 5.13 Å². The summed E-state index contributed by atoms with van der Waals surface area (Å²) in [6.07, 6.45) is 1.95. The molecule has 1 aromatic heterocycles. The van der Waals surface area contributed by atoms with Gasteiger partial charge in [0.25, 0.3) is 0 Å². The van der Waals surface area contributed by atoms with Crippen LogP contribution in [0.2, 0.25) is 0 Å². The fourth-order valence-corrected chi connectivity index (χ4v) is 4.00. The molecule has 0 spiro atoms. The maximum atomic E-state index is 12.2. The number of para-hydroxylation sites is 1. The Morgan fingerprint density at radius 1 is 1.21 bits per heavy atom. The van der Waals surface area contributed by atoms with Crippen LogP contribution in [0.3, 0.4) is 0 Å². The number of ether oxygens (including phenoxy) is 1. The first-order valence-electron chi connectivity index (χ1n) is 7.68. The Morgan fingerprint density at radius 2 is 1.96 bits per heavy atom. The molecule has 6 heteroatoms. The SMILES string of the molecule is CSc1ccc(C(=O)OC2CN(c3nc4ccccc4s3)C2)cc1. The Labute approximate surface area is 148 Å². The standard InChI is InChI=1S/C18H16N2O2S2/c1-23-14-8-6-12(7-9-14)17(21)22-13-10-20(11-13)18-19-15-4-2-3-5-16(15)24-18/h2-9,13H,10-11H2,1H3. The van der Waals surface area contributed by atoms with Crippen LogP contribution in [0, 0.1) is 0 Å². The smallest absolute Gasteiger partial charge is 0.338 e. The zero-order chi connectivity index (χ0) is 16.5. The van der Waals surface area contributed by atoms with Crippen LogP contribution in [0.4, 0.5) is 5.13 Å². The summed E-state index contributed by atoms with van der Waals surface area (Å²) in [5, 5.41) is 0.993. The molecule has 3 aromatic rings. The molecule has 0 saturated carbocycles. The van der Waals surface area contributed by atoms with E-state index in [1.165, 1.54) is 4.70 Å². The number of carbonyl (C=O) groups is 1. The Bertz CT molecular complexity index is 837. The number of rotatable bonds is 4. The normalized spacial score (nSPS) is 14.6. The molecule has 0 amide bonds. The van der Waals surface area contributed by atoms with Crippen LogP contribution in [-0.2, 0) is 4.74 Å². The van der Waals surface area contributed by atoms with Gasteiger partial charge in [-0.1, -0.05) is 23.5 Å². The van der Waals surface area contributed by atoms with Crippen LogP contribution >= 0.6 is 23.1 Å². The molecule has 4 rings (SSSR count). The second-order valence-corrected chi connectivity index (χ2v) is 7.51. The number of nitrogens with zero attached hydrogens (tertiary/aromatic N) is 2. The zero-order valence-corrected chi connectivity index (χ0v) is 14.8. The van der Waals surface area contributed by atoms with Gasteiger partial charge in [0.1, 0.15) is 6.10 Å². The highest BCUT2D eigenvalue weighted by Gasteiger charge is 2.32. The molecule has 1 aliphatic rings. The van der Waals surface area contributed by atoms with Crippen molar-refractivity contribution in [3.63, 3.8) is 0 Å². The van der Waals surface area contributed by atoms with Gasteiger partial charge in [-0.2, -0.15) is 0 Å². The number of fused-ring (bicyclic) bond motifs is 1. The van der Waals surface area contributed by atoms with E-state index in [0.29, 0.717) is 18.7 Å². The molecular formula is C18H16N2O2S2. The maximum Gasteiger partial charge on any atom is 0.338 e. The van der Waals surface area contributed by atoms with Crippen LogP contribution < -0.4 is 4.90 Å². The predicted molar refractivity (Wildman–Crippen MR) is 99.3 cm³/mol. The molecule has 2 aromatic carbocycles. The molecular weight excluding hydrogens is 340 g/mol. The highest BCUT2D eigenvalue weighted by Crippen LogP contribution is 2.31. The van der Waals surface area contributed by atoms with E-state index in [1.54, 1.807) is 23.1 Å². The van der Waals surface area contributed by atoms with Crippen molar-refractivity contribution in [1.82, 2.24) is 4.98 Å². The van der Waals surface area contributed by atoms with E-state index in [4.69, 9.17) is 4.74 Å². The molecule has 0 aliphatic carbocycles. The highest BCUT2D eigenvalue weighted by atomic mass is 32.2. The van der Waals surface area contributed by atoms with Crippen LogP contribution in [0.15, 0.2) is 53.4 Å². The van der Waals surface area contributed by atoms with Gasteiger partial charge in [0.05, 0.1) is 28.9 Å². The Hall–Kier alpha value is -2.05. The number of hydrogen-bond donors (Lipinski definition) is 0. The third-order valence-electron chi connectivity index (χ3n) is 4.00. The average molecular weight is 356 g/mol. The summed E-state index contributed by atoms with van der Waals surface area (Å²) in [7, 11) is 0. The molecule has 0 radical (unpaired) electrons. The number of aromatic nitrogens is 1. The van der Waals surface area contributed by atoms with Crippen molar-refractivity contribution in [2.45, 2.75) is 11.0 Å². The summed E-state index contributed by atoms with van der Waals surface area (Å²) < 4.78 is 6.74. The van der Waals surface area contributed by atoms with E-state index in [2.05, 4.69) is 16.0 Å². The number of hydrogen-bond acceptors (Lipinski definition) is 6. The largest absolute Gasteiger partial charge is 0.455 e. The summed E-state index contributed by atoms with van der Waals surface area (Å²) in [5.41, 5.74) is 1.62. The zero-order valence-electron chi connectivity index (χ0n) is 13.1. The number of thioether (sulfide) groups is 1. The lowest BCUT2D eigenvalue weighted by Crippen LogP contribution is -2.53. The van der Waals surface area contributed by atoms with Crippen molar-refractivity contribution in [3.8, 4) is 0 Å². The van der Waals surface area contributed by atoms with E-state index in [-0.39, 0.29) is 12.1 Å². The molecule has 1 fully saturated rings. The van der Waals surface area contributed by atoms with Crippen LogP contribution in [-0.4, -0.2) is 36.4 Å². The minimum absolute atomic E-state index is 0.0651. The maximum absolute atomic E-state index is 12.2. The predicted octanol–water partition coefficient (Wildman–Crippen LogP) is 4.06. The summed E-state index contributed by atoms with van der Waals surface area (Å²) in [4.78, 5) is 20.1. The van der Waals surface area contributed by atoms with Gasteiger partial charge >= 0.3 is 5.97 Å². The van der Waals surface area contributed by atoms with E-state index in [1.807, 2.05) is 48.7 Å². The Kier molecular flexibility index (Phi) is 4.16. The molecule has 122 valence electrons. The number of anilines is 1. The van der Waals surface area contributed by atoms with E-state index < -0.39 is 0 Å². The van der Waals surface area contributed by atoms with Crippen LogP contribution in [0.5, 0.6) is 0 Å². The topological polar surface area (TPSA) is 42.4 Å². The lowest BCUT2D eigenvalue weighted by atomic mass is 10.2. The first-order chi connectivity index (χ1) is 11.7. The number of thiazole rings is 1. The van der Waals surface area contributed by atoms with Gasteiger partial charge in [0, 0.05) is 4.90 Å². The summed E-state index contributed by atoms with van der Waals surface area (Å²) >= 11 is 3.33. The van der Waals surface area contributed by atoms with Crippen molar-refractivity contribution in [2.24, 2.45) is 0 Å². The fraction of sp³-hybridized carbons (Fsp3) is 0.222. The second kappa shape index (κ2) is 6.45. The minimum Gasteiger partial charge on any atom is -0.455 e. The fourth-order valence-electron chi connectivity index (χ4n) is 2.61. The van der Waals surface area contributed by atoms with Gasteiger partial charge in [-0.05, 0) is 42.7 Å². The molecule has 0 N–H and O–H groups in total. The number of benzene rings is 2. The van der Waals surface area contributed by atoms with Crippen molar-refractivity contribution in [3.05, 3.63) is 54.1 Å². The molecule has 2 heterocycles. The lowest BCUT2D eigenvalue weighted by Gasteiger charge is -2.38. The summed E-state index contributed by atoms with van der Waals surface area (Å²) in [6, 6.07) is 15.6. The Morgan fingerprint density at radius 3 is 2.67 bits per heavy atom. The van der Waals surface area contributed by atoms with Gasteiger partial charge in [0.2, 0.25) is 0 Å². The summed E-state index contributed by atoms with van der Waals surface area (Å²) in [6.45, 7) is 1.41. The first kappa shape index (κ1) is 15.5. The number of esters is 1. The second-order valence-electron chi connectivity index (χ2n) is 5.62. The van der Waals surface area contributed by atoms with Gasteiger partial charge in [-0.3, -0.25) is 0 Å². The molecule has 1 aliphatic heterocycles. The van der Waals surface area contributed by atoms with Gasteiger partial charge in [-0.25, -0.2) is 9.78 Å². The van der Waals surface area contributed by atoms with Crippen molar-refractivity contribution >= 4 is 44.4 Å². The quantitative estimate of drug-likeness (QED) is 0.521. The molecule has 1 saturated heterocycles. The molecule has 24 heavy (non-hydrogen) atoms. The summed E-state index contributed by atoms with van der Waals surface area (Å²) in [5.74, 6) is -0.253. The highest BCUT2D eigenvalue weighted by molar-refractivity contribution is 7.98. The van der Waals surface area contributed by atoms with Crippen molar-refractivity contribution in [2.75, 3.05) is 24.2 Å². The van der Waals surface area contributed by atoms with Crippen molar-refractivity contribution in [1.29, 1.82) is 0 Å².